The van der Waals surface area contributed by atoms with Gasteiger partial charge in [0.2, 0.25) is 0 Å². The summed E-state index contributed by atoms with van der Waals surface area (Å²) in [5.41, 5.74) is 7.47. The minimum absolute atomic E-state index is 0.735. The Morgan fingerprint density at radius 2 is 0.821 bits per heavy atom. The number of aryl methyl sites for hydroxylation is 4. The van der Waals surface area contributed by atoms with E-state index in [0.717, 1.165) is 60.1 Å². The van der Waals surface area contributed by atoms with Gasteiger partial charge in [0.05, 0.1) is 0 Å². The molecule has 0 saturated carbocycles. The molecule has 2 aromatic carbocycles. The van der Waals surface area contributed by atoms with Gasteiger partial charge in [-0.15, -0.1) is 0 Å². The Kier molecular flexibility index (Phi) is 9.66. The number of rotatable bonds is 10. The van der Waals surface area contributed by atoms with Crippen LogP contribution in [0.25, 0.3) is 0 Å². The molecule has 2 heteroatoms. The summed E-state index contributed by atoms with van der Waals surface area (Å²) in [6.45, 7) is 16.5. The van der Waals surface area contributed by atoms with Gasteiger partial charge in [-0.3, -0.25) is 0 Å². The second kappa shape index (κ2) is 11.5. The first-order valence-corrected chi connectivity index (χ1v) is 13.3. The molecule has 0 bridgehead atoms. The lowest BCUT2D eigenvalue weighted by atomic mass is 10.1. The van der Waals surface area contributed by atoms with Gasteiger partial charge in [0, 0.05) is 0 Å². The van der Waals surface area contributed by atoms with Crippen LogP contribution in [0.5, 0.6) is 0 Å². The molecule has 2 rings (SSSR count). The van der Waals surface area contributed by atoms with Crippen LogP contribution in [-0.2, 0) is 25.7 Å². The highest BCUT2D eigenvalue weighted by atomic mass is 31.1. The van der Waals surface area contributed by atoms with Crippen LogP contribution in [0.2, 0.25) is 0 Å². The second-order valence-electron chi connectivity index (χ2n) is 8.22. The van der Waals surface area contributed by atoms with Crippen molar-refractivity contribution in [2.45, 2.75) is 85.5 Å². The molecule has 0 spiro atoms. The van der Waals surface area contributed by atoms with Gasteiger partial charge < -0.3 is 0 Å². The summed E-state index contributed by atoms with van der Waals surface area (Å²) in [5, 5.41) is 3.12. The first-order chi connectivity index (χ1) is 13.4. The monoisotopic (exact) mass is 414 g/mol. The number of hydrogen-bond acceptors (Lipinski definition) is 0. The Bertz CT molecular complexity index is 642. The molecule has 4 atom stereocenters. The fourth-order valence-corrected chi connectivity index (χ4v) is 7.15. The maximum Gasteiger partial charge on any atom is -0.0193 e. The molecule has 154 valence electrons. The molecule has 0 radical (unpaired) electrons. The summed E-state index contributed by atoms with van der Waals surface area (Å²) in [6.07, 6.45) is 4.56. The van der Waals surface area contributed by atoms with Crippen LogP contribution in [0.3, 0.4) is 0 Å². The van der Waals surface area contributed by atoms with Crippen LogP contribution in [0.4, 0.5) is 0 Å². The third kappa shape index (κ3) is 6.68. The van der Waals surface area contributed by atoms with Crippen molar-refractivity contribution in [3.8, 4) is 0 Å². The van der Waals surface area contributed by atoms with Crippen molar-refractivity contribution in [1.29, 1.82) is 0 Å². The van der Waals surface area contributed by atoms with Gasteiger partial charge in [0.15, 0.2) is 0 Å². The molecule has 0 N–H and O–H groups in total. The maximum atomic E-state index is 2.48. The Balaban J connectivity index is 2.07. The van der Waals surface area contributed by atoms with Crippen molar-refractivity contribution in [1.82, 2.24) is 0 Å². The quantitative estimate of drug-likeness (QED) is 0.382. The van der Waals surface area contributed by atoms with Crippen LogP contribution < -0.4 is 10.6 Å². The molecule has 0 heterocycles. The smallest absolute Gasteiger partial charge is 0.0193 e. The van der Waals surface area contributed by atoms with Crippen LogP contribution >= 0.6 is 17.2 Å². The Morgan fingerprint density at radius 3 is 1.07 bits per heavy atom. The van der Waals surface area contributed by atoms with Gasteiger partial charge in [-0.1, -0.05) is 102 Å². The minimum atomic E-state index is 0.735. The predicted molar refractivity (Wildman–Crippen MR) is 134 cm³/mol. The molecular formula is C26H40P2. The average molecular weight is 415 g/mol. The van der Waals surface area contributed by atoms with E-state index in [-0.39, 0.29) is 0 Å². The largest absolute Gasteiger partial charge is 0.0872 e. The average Bonchev–Trinajstić information content (AvgIpc) is 2.72. The molecule has 0 aromatic heterocycles. The molecule has 28 heavy (non-hydrogen) atoms. The van der Waals surface area contributed by atoms with E-state index in [9.17, 15) is 0 Å². The molecule has 2 aromatic rings. The van der Waals surface area contributed by atoms with Crippen molar-refractivity contribution in [2.75, 3.05) is 0 Å². The molecule has 0 amide bonds. The van der Waals surface area contributed by atoms with Gasteiger partial charge in [-0.25, -0.2) is 0 Å². The number of benzene rings is 2. The van der Waals surface area contributed by atoms with Gasteiger partial charge in [0.1, 0.15) is 0 Å². The van der Waals surface area contributed by atoms with Crippen molar-refractivity contribution in [3.05, 3.63) is 58.7 Å². The fraction of sp³-hybridized carbons (Fsp3) is 0.538. The van der Waals surface area contributed by atoms with E-state index in [1.807, 2.05) is 0 Å². The highest BCUT2D eigenvalue weighted by molar-refractivity contribution is 7.49. The fourth-order valence-electron chi connectivity index (χ4n) is 3.73. The molecule has 0 saturated heterocycles. The Hall–Kier alpha value is -0.700. The Labute approximate surface area is 177 Å². The second-order valence-corrected chi connectivity index (χ2v) is 11.8. The lowest BCUT2D eigenvalue weighted by molar-refractivity contribution is 0.568. The van der Waals surface area contributed by atoms with E-state index in [0.29, 0.717) is 0 Å². The minimum Gasteiger partial charge on any atom is -0.0872 e. The first-order valence-electron chi connectivity index (χ1n) is 11.2. The summed E-state index contributed by atoms with van der Waals surface area (Å²) in [7, 11) is 1.82. The van der Waals surface area contributed by atoms with Crippen molar-refractivity contribution >= 4 is 27.8 Å². The molecule has 0 fully saturated rings. The van der Waals surface area contributed by atoms with Gasteiger partial charge in [0.25, 0.3) is 0 Å². The zero-order valence-electron chi connectivity index (χ0n) is 19.0. The molecule has 0 aliphatic rings. The van der Waals surface area contributed by atoms with Crippen molar-refractivity contribution in [2.24, 2.45) is 5.92 Å². The van der Waals surface area contributed by atoms with E-state index in [1.165, 1.54) is 22.3 Å². The summed E-state index contributed by atoms with van der Waals surface area (Å²) < 4.78 is 0. The third-order valence-electron chi connectivity index (χ3n) is 6.10. The topological polar surface area (TPSA) is 0 Å². The summed E-state index contributed by atoms with van der Waals surface area (Å²) in [5.74, 6) is 0.738. The molecular weight excluding hydrogens is 374 g/mol. The van der Waals surface area contributed by atoms with Gasteiger partial charge in [-0.2, -0.15) is 0 Å². The summed E-state index contributed by atoms with van der Waals surface area (Å²) in [4.78, 5) is 0. The van der Waals surface area contributed by atoms with Crippen LogP contribution in [0.1, 0.15) is 70.7 Å². The maximum absolute atomic E-state index is 2.48. The molecule has 0 aliphatic heterocycles. The van der Waals surface area contributed by atoms with Crippen LogP contribution in [0.15, 0.2) is 36.4 Å². The highest BCUT2D eigenvalue weighted by Gasteiger charge is 2.20. The van der Waals surface area contributed by atoms with Crippen LogP contribution in [0, 0.1) is 5.92 Å². The zero-order valence-corrected chi connectivity index (χ0v) is 21.0. The van der Waals surface area contributed by atoms with Gasteiger partial charge >= 0.3 is 0 Å². The molecule has 4 unspecified atom stereocenters. The van der Waals surface area contributed by atoms with E-state index >= 15 is 0 Å². The first kappa shape index (κ1) is 23.6. The normalized spacial score (nSPS) is 15.5. The predicted octanol–water partition coefficient (Wildman–Crippen LogP) is 6.66. The lowest BCUT2D eigenvalue weighted by Crippen LogP contribution is -2.22. The number of hydrogen-bond donors (Lipinski definition) is 0. The lowest BCUT2D eigenvalue weighted by Gasteiger charge is -2.27. The van der Waals surface area contributed by atoms with E-state index in [1.54, 1.807) is 10.6 Å². The van der Waals surface area contributed by atoms with E-state index in [4.69, 9.17) is 0 Å². The molecule has 0 nitrogen and oxygen atoms in total. The third-order valence-corrected chi connectivity index (χ3v) is 9.31. The Morgan fingerprint density at radius 1 is 0.536 bits per heavy atom. The standard InChI is InChI=1S/C26H40P2/c1-8-21-12-22(9-2)15-25(14-21)27-19(6)18(5)20(7)28-26-16-23(10-3)13-24(11-4)17-26/h12-20,27-28H,8-11H2,1-7H3. The van der Waals surface area contributed by atoms with Crippen molar-refractivity contribution in [3.63, 3.8) is 0 Å². The SMILES string of the molecule is CCc1cc(CC)cc(PC(C)C(C)C(C)Pc2cc(CC)cc(CC)c2)c1. The highest BCUT2D eigenvalue weighted by Crippen LogP contribution is 2.35. The van der Waals surface area contributed by atoms with E-state index < -0.39 is 0 Å². The summed E-state index contributed by atoms with van der Waals surface area (Å²) >= 11 is 0. The van der Waals surface area contributed by atoms with Gasteiger partial charge in [-0.05, 0) is 75.8 Å². The van der Waals surface area contributed by atoms with Crippen molar-refractivity contribution < 1.29 is 0 Å². The molecule has 0 aliphatic carbocycles. The van der Waals surface area contributed by atoms with E-state index in [2.05, 4.69) is 84.9 Å². The summed E-state index contributed by atoms with van der Waals surface area (Å²) in [6, 6.07) is 14.6. The zero-order chi connectivity index (χ0) is 20.7. The van der Waals surface area contributed by atoms with Crippen LogP contribution in [-0.4, -0.2) is 11.3 Å².